The molecule has 28 heavy (non-hydrogen) atoms. The minimum Gasteiger partial charge on any atom is -0.490 e. The Morgan fingerprint density at radius 1 is 1.11 bits per heavy atom. The maximum absolute atomic E-state index is 6.09. The van der Waals surface area contributed by atoms with Gasteiger partial charge in [-0.3, -0.25) is 0 Å². The third kappa shape index (κ3) is 4.85. The maximum atomic E-state index is 6.09. The van der Waals surface area contributed by atoms with E-state index in [1.54, 1.807) is 0 Å². The number of piperidine rings is 1. The lowest BCUT2D eigenvalue weighted by Crippen LogP contribution is -2.35. The fourth-order valence-electron chi connectivity index (χ4n) is 3.31. The van der Waals surface area contributed by atoms with Crippen molar-refractivity contribution >= 4 is 23.0 Å². The van der Waals surface area contributed by atoms with Crippen LogP contribution in [0, 0.1) is 0 Å². The second-order valence-electron chi connectivity index (χ2n) is 7.14. The van der Waals surface area contributed by atoms with Gasteiger partial charge in [-0.25, -0.2) is 0 Å². The minimum atomic E-state index is 0.263. The third-order valence-corrected chi connectivity index (χ3v) is 5.22. The molecule has 6 nitrogen and oxygen atoms in total. The van der Waals surface area contributed by atoms with Gasteiger partial charge < -0.3 is 29.7 Å². The highest BCUT2D eigenvalue weighted by Gasteiger charge is 2.18. The summed E-state index contributed by atoms with van der Waals surface area (Å²) in [5, 5.41) is 6.95. The second-order valence-corrected chi connectivity index (χ2v) is 7.55. The highest BCUT2D eigenvalue weighted by atomic mass is 32.1. The topological polar surface area (TPSA) is 55.0 Å². The highest BCUT2D eigenvalue weighted by molar-refractivity contribution is 7.80. The molecule has 2 heterocycles. The van der Waals surface area contributed by atoms with Crippen molar-refractivity contribution < 1.29 is 14.2 Å². The molecule has 0 radical (unpaired) electrons. The first-order chi connectivity index (χ1) is 13.7. The molecule has 0 unspecified atom stereocenters. The lowest BCUT2D eigenvalue weighted by Gasteiger charge is -2.29. The number of benzene rings is 2. The van der Waals surface area contributed by atoms with Gasteiger partial charge in [-0.05, 0) is 61.9 Å². The molecule has 2 aliphatic rings. The van der Waals surface area contributed by atoms with E-state index < -0.39 is 0 Å². The first-order valence-electron chi connectivity index (χ1n) is 9.54. The van der Waals surface area contributed by atoms with Crippen molar-refractivity contribution in [2.75, 3.05) is 32.2 Å². The Bertz CT molecular complexity index is 820. The summed E-state index contributed by atoms with van der Waals surface area (Å²) in [6, 6.07) is 13.9. The largest absolute Gasteiger partial charge is 0.490 e. The zero-order chi connectivity index (χ0) is 19.3. The lowest BCUT2D eigenvalue weighted by molar-refractivity contribution is 0.114. The van der Waals surface area contributed by atoms with Gasteiger partial charge >= 0.3 is 0 Å². The molecule has 1 fully saturated rings. The first-order valence-corrected chi connectivity index (χ1v) is 9.95. The average Bonchev–Trinajstić information content (AvgIpc) is 3.17. The van der Waals surface area contributed by atoms with Crippen molar-refractivity contribution in [2.45, 2.75) is 25.5 Å². The van der Waals surface area contributed by atoms with E-state index in [0.29, 0.717) is 17.8 Å². The van der Waals surface area contributed by atoms with E-state index in [0.717, 1.165) is 54.4 Å². The molecular weight excluding hydrogens is 374 g/mol. The van der Waals surface area contributed by atoms with E-state index in [1.807, 2.05) is 30.3 Å². The van der Waals surface area contributed by atoms with Crippen molar-refractivity contribution in [1.82, 2.24) is 10.2 Å². The molecule has 0 atom stereocenters. The van der Waals surface area contributed by atoms with Crippen molar-refractivity contribution in [3.05, 3.63) is 48.0 Å². The Labute approximate surface area is 170 Å². The summed E-state index contributed by atoms with van der Waals surface area (Å²) in [5.74, 6) is 2.42. The molecule has 0 saturated carbocycles. The van der Waals surface area contributed by atoms with Gasteiger partial charge in [-0.1, -0.05) is 12.1 Å². The third-order valence-electron chi connectivity index (χ3n) is 4.98. The fraction of sp³-hybridized carbons (Fsp3) is 0.381. The quantitative estimate of drug-likeness (QED) is 0.748. The molecule has 0 aliphatic carbocycles. The number of hydrogen-bond donors (Lipinski definition) is 2. The molecule has 0 spiro atoms. The number of likely N-dealkylation sites (tertiary alicyclic amines) is 1. The van der Waals surface area contributed by atoms with Crippen LogP contribution in [0.25, 0.3) is 0 Å². The SMILES string of the molecule is CN1CCC(Oc2ccc(CNC(=S)Nc3ccc4c(c3)OCO4)cc2)CC1. The molecule has 2 aliphatic heterocycles. The molecule has 2 N–H and O–H groups in total. The van der Waals surface area contributed by atoms with Crippen LogP contribution in [0.4, 0.5) is 5.69 Å². The fourth-order valence-corrected chi connectivity index (χ4v) is 3.50. The van der Waals surface area contributed by atoms with Crippen molar-refractivity contribution in [3.63, 3.8) is 0 Å². The molecule has 148 valence electrons. The zero-order valence-corrected chi connectivity index (χ0v) is 16.8. The standard InChI is InChI=1S/C21H25N3O3S/c1-24-10-8-18(9-11-24)27-17-5-2-15(3-6-17)13-22-21(28)23-16-4-7-19-20(12-16)26-14-25-19/h2-7,12,18H,8-11,13-14H2,1H3,(H2,22,23,28). The number of anilines is 1. The van der Waals surface area contributed by atoms with E-state index >= 15 is 0 Å². The van der Waals surface area contributed by atoms with E-state index in [-0.39, 0.29) is 6.79 Å². The van der Waals surface area contributed by atoms with Crippen LogP contribution in [0.3, 0.4) is 0 Å². The smallest absolute Gasteiger partial charge is 0.231 e. The predicted molar refractivity (Wildman–Crippen MR) is 113 cm³/mol. The van der Waals surface area contributed by atoms with Gasteiger partial charge in [0.1, 0.15) is 11.9 Å². The first kappa shape index (κ1) is 18.8. The normalized spacial score (nSPS) is 16.6. The summed E-state index contributed by atoms with van der Waals surface area (Å²) < 4.78 is 16.8. The number of thiocarbonyl (C=S) groups is 1. The van der Waals surface area contributed by atoms with Crippen LogP contribution in [0.5, 0.6) is 17.2 Å². The van der Waals surface area contributed by atoms with Gasteiger partial charge in [0.05, 0.1) is 0 Å². The van der Waals surface area contributed by atoms with Crippen LogP contribution in [0.1, 0.15) is 18.4 Å². The van der Waals surface area contributed by atoms with Gasteiger partial charge in [0.15, 0.2) is 16.6 Å². The van der Waals surface area contributed by atoms with Gasteiger partial charge in [-0.15, -0.1) is 0 Å². The number of hydrogen-bond acceptors (Lipinski definition) is 5. The number of nitrogens with zero attached hydrogens (tertiary/aromatic N) is 1. The van der Waals surface area contributed by atoms with Crippen molar-refractivity contribution in [3.8, 4) is 17.2 Å². The van der Waals surface area contributed by atoms with E-state index in [4.69, 9.17) is 26.4 Å². The molecule has 2 aromatic rings. The molecule has 4 rings (SSSR count). The summed E-state index contributed by atoms with van der Waals surface area (Å²) in [6.45, 7) is 3.10. The number of ether oxygens (including phenoxy) is 3. The van der Waals surface area contributed by atoms with Crippen LogP contribution in [0.15, 0.2) is 42.5 Å². The Morgan fingerprint density at radius 2 is 1.86 bits per heavy atom. The van der Waals surface area contributed by atoms with Crippen molar-refractivity contribution in [2.24, 2.45) is 0 Å². The van der Waals surface area contributed by atoms with E-state index in [2.05, 4.69) is 34.7 Å². The second kappa shape index (κ2) is 8.67. The van der Waals surface area contributed by atoms with Gasteiger partial charge in [0, 0.05) is 31.4 Å². The lowest BCUT2D eigenvalue weighted by atomic mass is 10.1. The van der Waals surface area contributed by atoms with Gasteiger partial charge in [0.25, 0.3) is 0 Å². The van der Waals surface area contributed by atoms with Crippen LogP contribution in [-0.2, 0) is 6.54 Å². The zero-order valence-electron chi connectivity index (χ0n) is 15.9. The summed E-state index contributed by atoms with van der Waals surface area (Å²) in [7, 11) is 2.16. The number of fused-ring (bicyclic) bond motifs is 1. The average molecular weight is 400 g/mol. The summed E-state index contributed by atoms with van der Waals surface area (Å²) in [5.41, 5.74) is 2.01. The Balaban J connectivity index is 1.23. The van der Waals surface area contributed by atoms with Crippen LogP contribution in [0.2, 0.25) is 0 Å². The monoisotopic (exact) mass is 399 g/mol. The Kier molecular flexibility index (Phi) is 5.83. The molecule has 1 saturated heterocycles. The minimum absolute atomic E-state index is 0.263. The van der Waals surface area contributed by atoms with Crippen LogP contribution < -0.4 is 24.8 Å². The van der Waals surface area contributed by atoms with Gasteiger partial charge in [0.2, 0.25) is 6.79 Å². The van der Waals surface area contributed by atoms with Crippen LogP contribution >= 0.6 is 12.2 Å². The molecule has 7 heteroatoms. The van der Waals surface area contributed by atoms with E-state index in [9.17, 15) is 0 Å². The Hall–Kier alpha value is -2.51. The molecule has 0 bridgehead atoms. The van der Waals surface area contributed by atoms with Gasteiger partial charge in [-0.2, -0.15) is 0 Å². The highest BCUT2D eigenvalue weighted by Crippen LogP contribution is 2.34. The predicted octanol–water partition coefficient (Wildman–Crippen LogP) is 3.37. The number of rotatable bonds is 5. The summed E-state index contributed by atoms with van der Waals surface area (Å²) >= 11 is 5.38. The molecule has 0 amide bonds. The van der Waals surface area contributed by atoms with E-state index in [1.165, 1.54) is 0 Å². The summed E-state index contributed by atoms with van der Waals surface area (Å²) in [4.78, 5) is 2.34. The summed E-state index contributed by atoms with van der Waals surface area (Å²) in [6.07, 6.45) is 2.48. The molecule has 2 aromatic carbocycles. The molecule has 0 aromatic heterocycles. The number of nitrogens with one attached hydrogen (secondary N) is 2. The van der Waals surface area contributed by atoms with Crippen LogP contribution in [-0.4, -0.2) is 43.0 Å². The van der Waals surface area contributed by atoms with Crippen molar-refractivity contribution in [1.29, 1.82) is 0 Å². The molecular formula is C21H25N3O3S. The Morgan fingerprint density at radius 3 is 2.64 bits per heavy atom. The maximum Gasteiger partial charge on any atom is 0.231 e.